The van der Waals surface area contributed by atoms with Crippen LogP contribution in [0.4, 0.5) is 5.69 Å². The summed E-state index contributed by atoms with van der Waals surface area (Å²) in [6, 6.07) is 15.7. The molecule has 0 aliphatic rings. The highest BCUT2D eigenvalue weighted by Gasteiger charge is 2.09. The molecule has 0 aromatic heterocycles. The molecule has 1 atom stereocenters. The van der Waals surface area contributed by atoms with Crippen LogP contribution in [-0.4, -0.2) is 12.5 Å². The highest BCUT2D eigenvalue weighted by molar-refractivity contribution is 6.31. The predicted molar refractivity (Wildman–Crippen MR) is 92.3 cm³/mol. The van der Waals surface area contributed by atoms with Crippen LogP contribution in [0.3, 0.4) is 0 Å². The van der Waals surface area contributed by atoms with Gasteiger partial charge in [0, 0.05) is 23.7 Å². The quantitative estimate of drug-likeness (QED) is 0.833. The lowest BCUT2D eigenvalue weighted by Gasteiger charge is -2.15. The topological polar surface area (TPSA) is 41.1 Å². The van der Waals surface area contributed by atoms with Crippen molar-refractivity contribution in [3.63, 3.8) is 0 Å². The molecule has 1 amide bonds. The third-order valence-electron chi connectivity index (χ3n) is 3.61. The summed E-state index contributed by atoms with van der Waals surface area (Å²) in [6.45, 7) is 4.53. The highest BCUT2D eigenvalue weighted by Crippen LogP contribution is 2.22. The lowest BCUT2D eigenvalue weighted by Crippen LogP contribution is -2.28. The number of hydrogen-bond donors (Lipinski definition) is 2. The van der Waals surface area contributed by atoms with Gasteiger partial charge in [0.2, 0.25) is 5.91 Å². The minimum atomic E-state index is 0.0154. The number of hydrogen-bond acceptors (Lipinski definition) is 2. The zero-order valence-corrected chi connectivity index (χ0v) is 13.7. The van der Waals surface area contributed by atoms with Crippen LogP contribution in [0.5, 0.6) is 0 Å². The number of nitrogens with one attached hydrogen (secondary N) is 2. The fourth-order valence-electron chi connectivity index (χ4n) is 2.25. The van der Waals surface area contributed by atoms with Gasteiger partial charge in [-0.25, -0.2) is 0 Å². The predicted octanol–water partition coefficient (Wildman–Crippen LogP) is 4.33. The van der Waals surface area contributed by atoms with E-state index in [2.05, 4.69) is 10.6 Å². The Hall–Kier alpha value is -2.00. The summed E-state index contributed by atoms with van der Waals surface area (Å²) in [6.07, 6.45) is 0.420. The van der Waals surface area contributed by atoms with Crippen molar-refractivity contribution in [2.75, 3.05) is 11.9 Å². The second kappa shape index (κ2) is 7.85. The van der Waals surface area contributed by atoms with Gasteiger partial charge in [0.1, 0.15) is 0 Å². The maximum Gasteiger partial charge on any atom is 0.222 e. The van der Waals surface area contributed by atoms with E-state index in [1.807, 2.05) is 62.4 Å². The molecular weight excluding hydrogens is 296 g/mol. The molecular formula is C18H21ClN2O. The first kappa shape index (κ1) is 16.4. The fourth-order valence-corrected chi connectivity index (χ4v) is 2.42. The second-order valence-corrected chi connectivity index (χ2v) is 5.70. The number of carbonyl (C=O) groups excluding carboxylic acids is 1. The minimum Gasteiger partial charge on any atom is -0.384 e. The molecule has 3 nitrogen and oxygen atoms in total. The van der Waals surface area contributed by atoms with Crippen molar-refractivity contribution in [2.24, 2.45) is 0 Å². The average Bonchev–Trinajstić information content (AvgIpc) is 2.52. The summed E-state index contributed by atoms with van der Waals surface area (Å²) >= 11 is 6.07. The van der Waals surface area contributed by atoms with Crippen LogP contribution in [0.1, 0.15) is 30.5 Å². The van der Waals surface area contributed by atoms with Crippen LogP contribution < -0.4 is 10.6 Å². The van der Waals surface area contributed by atoms with E-state index in [0.717, 1.165) is 21.8 Å². The van der Waals surface area contributed by atoms with E-state index >= 15 is 0 Å². The van der Waals surface area contributed by atoms with Gasteiger partial charge in [-0.3, -0.25) is 4.79 Å². The first-order valence-electron chi connectivity index (χ1n) is 7.41. The van der Waals surface area contributed by atoms with E-state index in [0.29, 0.717) is 13.0 Å². The van der Waals surface area contributed by atoms with E-state index in [4.69, 9.17) is 11.6 Å². The molecule has 0 saturated heterocycles. The van der Waals surface area contributed by atoms with E-state index in [1.165, 1.54) is 0 Å². The minimum absolute atomic E-state index is 0.0154. The van der Waals surface area contributed by atoms with E-state index in [9.17, 15) is 4.79 Å². The Morgan fingerprint density at radius 1 is 1.14 bits per heavy atom. The molecule has 0 aliphatic heterocycles. The van der Waals surface area contributed by atoms with Gasteiger partial charge < -0.3 is 10.6 Å². The van der Waals surface area contributed by atoms with E-state index < -0.39 is 0 Å². The molecule has 4 heteroatoms. The van der Waals surface area contributed by atoms with Crippen molar-refractivity contribution in [1.29, 1.82) is 0 Å². The second-order valence-electron chi connectivity index (χ2n) is 5.29. The van der Waals surface area contributed by atoms with Crippen molar-refractivity contribution in [1.82, 2.24) is 5.32 Å². The Labute approximate surface area is 136 Å². The Balaban J connectivity index is 1.80. The standard InChI is InChI=1S/C18H21ClN2O/c1-13-16(19)9-6-10-17(13)20-12-11-18(22)21-14(2)15-7-4-3-5-8-15/h3-10,14,20H,11-12H2,1-2H3,(H,21,22). The van der Waals surface area contributed by atoms with Gasteiger partial charge in [0.25, 0.3) is 0 Å². The smallest absolute Gasteiger partial charge is 0.222 e. The monoisotopic (exact) mass is 316 g/mol. The molecule has 2 aromatic carbocycles. The van der Waals surface area contributed by atoms with Crippen molar-refractivity contribution in [2.45, 2.75) is 26.3 Å². The van der Waals surface area contributed by atoms with Gasteiger partial charge in [0.15, 0.2) is 0 Å². The third kappa shape index (κ3) is 4.50. The molecule has 1 unspecified atom stereocenters. The molecule has 0 radical (unpaired) electrons. The summed E-state index contributed by atoms with van der Waals surface area (Å²) in [4.78, 5) is 12.0. The number of halogens is 1. The fraction of sp³-hybridized carbons (Fsp3) is 0.278. The first-order chi connectivity index (χ1) is 10.6. The average molecular weight is 317 g/mol. The molecule has 22 heavy (non-hydrogen) atoms. The highest BCUT2D eigenvalue weighted by atomic mass is 35.5. The molecule has 2 rings (SSSR count). The number of rotatable bonds is 6. The van der Waals surface area contributed by atoms with Crippen molar-refractivity contribution in [3.05, 3.63) is 64.7 Å². The van der Waals surface area contributed by atoms with Crippen molar-refractivity contribution >= 4 is 23.2 Å². The Bertz CT molecular complexity index is 628. The van der Waals surface area contributed by atoms with Crippen LogP contribution in [-0.2, 0) is 4.79 Å². The van der Waals surface area contributed by atoms with Gasteiger partial charge in [0.05, 0.1) is 6.04 Å². The first-order valence-corrected chi connectivity index (χ1v) is 7.79. The van der Waals surface area contributed by atoms with Gasteiger partial charge in [-0.05, 0) is 37.1 Å². The lowest BCUT2D eigenvalue weighted by atomic mass is 10.1. The molecule has 0 aliphatic carbocycles. The Kier molecular flexibility index (Phi) is 5.84. The molecule has 0 saturated carbocycles. The maximum absolute atomic E-state index is 12.0. The summed E-state index contributed by atoms with van der Waals surface area (Å²) < 4.78 is 0. The largest absolute Gasteiger partial charge is 0.384 e. The van der Waals surface area contributed by atoms with Crippen LogP contribution in [0.25, 0.3) is 0 Å². The van der Waals surface area contributed by atoms with Crippen molar-refractivity contribution in [3.8, 4) is 0 Å². The van der Waals surface area contributed by atoms with Crippen LogP contribution in [0.15, 0.2) is 48.5 Å². The van der Waals surface area contributed by atoms with Crippen LogP contribution >= 0.6 is 11.6 Å². The zero-order valence-electron chi connectivity index (χ0n) is 12.9. The molecule has 2 N–H and O–H groups in total. The number of benzene rings is 2. The summed E-state index contributed by atoms with van der Waals surface area (Å²) in [5.41, 5.74) is 3.08. The van der Waals surface area contributed by atoms with E-state index in [-0.39, 0.29) is 11.9 Å². The molecule has 2 aromatic rings. The number of anilines is 1. The van der Waals surface area contributed by atoms with Gasteiger partial charge in [-0.15, -0.1) is 0 Å². The van der Waals surface area contributed by atoms with Gasteiger partial charge >= 0.3 is 0 Å². The normalized spacial score (nSPS) is 11.8. The SMILES string of the molecule is Cc1c(Cl)cccc1NCCC(=O)NC(C)c1ccccc1. The molecule has 116 valence electrons. The zero-order chi connectivity index (χ0) is 15.9. The van der Waals surface area contributed by atoms with Crippen LogP contribution in [0, 0.1) is 6.92 Å². The molecule has 0 heterocycles. The van der Waals surface area contributed by atoms with E-state index in [1.54, 1.807) is 0 Å². The molecule has 0 bridgehead atoms. The number of amides is 1. The Morgan fingerprint density at radius 2 is 1.86 bits per heavy atom. The third-order valence-corrected chi connectivity index (χ3v) is 4.02. The van der Waals surface area contributed by atoms with Crippen molar-refractivity contribution < 1.29 is 4.79 Å². The number of carbonyl (C=O) groups is 1. The molecule has 0 spiro atoms. The van der Waals surface area contributed by atoms with Gasteiger partial charge in [-0.2, -0.15) is 0 Å². The summed E-state index contributed by atoms with van der Waals surface area (Å²) in [5.74, 6) is 0.0311. The van der Waals surface area contributed by atoms with Gasteiger partial charge in [-0.1, -0.05) is 48.0 Å². The molecule has 0 fully saturated rings. The summed E-state index contributed by atoms with van der Waals surface area (Å²) in [7, 11) is 0. The summed E-state index contributed by atoms with van der Waals surface area (Å²) in [5, 5.41) is 6.98. The maximum atomic E-state index is 12.0. The lowest BCUT2D eigenvalue weighted by molar-refractivity contribution is -0.121. The Morgan fingerprint density at radius 3 is 2.59 bits per heavy atom. The van der Waals surface area contributed by atoms with Crippen LogP contribution in [0.2, 0.25) is 5.02 Å².